The van der Waals surface area contributed by atoms with Crippen molar-refractivity contribution in [2.24, 2.45) is 11.8 Å². The Hall–Kier alpha value is -2.24. The van der Waals surface area contributed by atoms with Gasteiger partial charge in [0.2, 0.25) is 5.88 Å². The normalized spacial score (nSPS) is 25.2. The van der Waals surface area contributed by atoms with Gasteiger partial charge in [0, 0.05) is 10.3 Å². The molecule has 6 nitrogen and oxygen atoms in total. The summed E-state index contributed by atoms with van der Waals surface area (Å²) in [5.74, 6) is 1.87. The summed E-state index contributed by atoms with van der Waals surface area (Å²) in [6.45, 7) is -2.28. The zero-order chi connectivity index (χ0) is 18.5. The minimum atomic E-state index is -2.28. The van der Waals surface area contributed by atoms with Crippen LogP contribution in [0.3, 0.4) is 0 Å². The van der Waals surface area contributed by atoms with Gasteiger partial charge in [-0.25, -0.2) is 4.98 Å². The van der Waals surface area contributed by atoms with Crippen molar-refractivity contribution >= 4 is 0 Å². The van der Waals surface area contributed by atoms with Gasteiger partial charge in [-0.05, 0) is 55.5 Å². The quantitative estimate of drug-likeness (QED) is 0.845. The predicted molar refractivity (Wildman–Crippen MR) is 84.5 cm³/mol. The van der Waals surface area contributed by atoms with E-state index >= 15 is 0 Å². The molecule has 2 aliphatic carbocycles. The summed E-state index contributed by atoms with van der Waals surface area (Å²) in [6, 6.07) is 2.00. The second-order valence-corrected chi connectivity index (χ2v) is 6.16. The monoisotopic (exact) mass is 315 g/mol. The largest absolute Gasteiger partial charge is 0.480 e. The lowest BCUT2D eigenvalue weighted by Gasteiger charge is -2.10. The van der Waals surface area contributed by atoms with Crippen molar-refractivity contribution in [2.75, 3.05) is 14.2 Å². The van der Waals surface area contributed by atoms with E-state index in [2.05, 4.69) is 20.2 Å². The van der Waals surface area contributed by atoms with Crippen LogP contribution in [0.15, 0.2) is 12.3 Å². The maximum Gasteiger partial charge on any atom is 0.319 e. The second-order valence-electron chi connectivity index (χ2n) is 6.16. The summed E-state index contributed by atoms with van der Waals surface area (Å²) in [4.78, 5) is 8.27. The van der Waals surface area contributed by atoms with E-state index in [9.17, 15) is 0 Å². The molecule has 2 unspecified atom stereocenters. The average molecular weight is 315 g/mol. The molecule has 23 heavy (non-hydrogen) atoms. The van der Waals surface area contributed by atoms with Crippen LogP contribution >= 0.6 is 0 Å². The molecule has 2 fully saturated rings. The summed E-state index contributed by atoms with van der Waals surface area (Å²) in [5.41, 5.74) is 1.93. The molecule has 120 valence electrons. The van der Waals surface area contributed by atoms with E-state index < -0.39 is 6.85 Å². The topological polar surface area (TPSA) is 70.0 Å². The van der Waals surface area contributed by atoms with Crippen LogP contribution < -0.4 is 9.47 Å². The number of ether oxygens (including phenoxy) is 2. The molecule has 0 saturated heterocycles. The molecule has 0 aromatic carbocycles. The number of nitrogens with zero attached hydrogens (tertiary/aromatic N) is 4. The van der Waals surface area contributed by atoms with Crippen molar-refractivity contribution in [3.05, 3.63) is 23.5 Å². The first-order chi connectivity index (χ1) is 12.4. The van der Waals surface area contributed by atoms with Crippen LogP contribution in [0.4, 0.5) is 0 Å². The minimum absolute atomic E-state index is 0.0998. The third-order valence-corrected chi connectivity index (χ3v) is 4.67. The van der Waals surface area contributed by atoms with Gasteiger partial charge >= 0.3 is 6.01 Å². The molecule has 6 heteroatoms. The predicted octanol–water partition coefficient (Wildman–Crippen LogP) is 2.77. The number of hydrogen-bond acceptors (Lipinski definition) is 6. The zero-order valence-electron chi connectivity index (χ0n) is 16.1. The van der Waals surface area contributed by atoms with Crippen LogP contribution in [0.2, 0.25) is 0 Å². The Balaban J connectivity index is 1.76. The van der Waals surface area contributed by atoms with Gasteiger partial charge in [0.1, 0.15) is 5.69 Å². The highest BCUT2D eigenvalue weighted by molar-refractivity contribution is 5.64. The third kappa shape index (κ3) is 2.62. The van der Waals surface area contributed by atoms with Gasteiger partial charge in [0.15, 0.2) is 0 Å². The van der Waals surface area contributed by atoms with E-state index in [1.54, 1.807) is 6.20 Å². The molecular weight excluding hydrogens is 292 g/mol. The van der Waals surface area contributed by atoms with Gasteiger partial charge in [0.25, 0.3) is 0 Å². The highest BCUT2D eigenvalue weighted by Crippen LogP contribution is 2.59. The van der Waals surface area contributed by atoms with Gasteiger partial charge in [-0.15, -0.1) is 5.10 Å². The summed E-state index contributed by atoms with van der Waals surface area (Å²) >= 11 is 0. The van der Waals surface area contributed by atoms with Gasteiger partial charge in [0.05, 0.1) is 25.5 Å². The number of aromatic nitrogens is 4. The van der Waals surface area contributed by atoms with Gasteiger partial charge < -0.3 is 9.47 Å². The molecule has 2 saturated carbocycles. The van der Waals surface area contributed by atoms with Crippen molar-refractivity contribution in [3.63, 3.8) is 0 Å². The number of hydrogen-bond donors (Lipinski definition) is 0. The highest BCUT2D eigenvalue weighted by Gasteiger charge is 2.48. The van der Waals surface area contributed by atoms with Crippen molar-refractivity contribution in [2.45, 2.75) is 32.0 Å². The fraction of sp³-hybridized carbons (Fsp3) is 0.529. The standard InChI is InChI=1S/C17H20N4O2/c1-9-11(13-6-12(13)10-4-5-10)7-15(21-20-9)14-8-18-17(23-3)19-16(14)22-2/h7-8,10,12-13H,4-6H2,1-3H3/i1D3. The van der Waals surface area contributed by atoms with Crippen LogP contribution in [0.25, 0.3) is 11.3 Å². The maximum atomic E-state index is 7.80. The molecule has 0 bridgehead atoms. The first kappa shape index (κ1) is 11.3. The summed E-state index contributed by atoms with van der Waals surface area (Å²) < 4.78 is 33.7. The lowest BCUT2D eigenvalue weighted by molar-refractivity contribution is 0.353. The van der Waals surface area contributed by atoms with Gasteiger partial charge in [-0.2, -0.15) is 10.1 Å². The lowest BCUT2D eigenvalue weighted by Crippen LogP contribution is -2.02. The van der Waals surface area contributed by atoms with Crippen molar-refractivity contribution in [1.29, 1.82) is 0 Å². The van der Waals surface area contributed by atoms with Gasteiger partial charge in [-0.1, -0.05) is 0 Å². The Morgan fingerprint density at radius 2 is 2.09 bits per heavy atom. The minimum Gasteiger partial charge on any atom is -0.480 e. The second kappa shape index (κ2) is 5.44. The molecule has 0 spiro atoms. The van der Waals surface area contributed by atoms with Crippen molar-refractivity contribution in [3.8, 4) is 23.1 Å². The Morgan fingerprint density at radius 1 is 1.22 bits per heavy atom. The number of aryl methyl sites for hydroxylation is 1. The van der Waals surface area contributed by atoms with E-state index in [1.807, 2.05) is 6.07 Å². The number of rotatable bonds is 5. The smallest absolute Gasteiger partial charge is 0.319 e. The van der Waals surface area contributed by atoms with Crippen LogP contribution in [0, 0.1) is 18.7 Å². The Kier molecular flexibility index (Phi) is 2.68. The van der Waals surface area contributed by atoms with Gasteiger partial charge in [-0.3, -0.25) is 0 Å². The SMILES string of the molecule is [2H]C([2H])([2H])c1nnc(-c2cnc(OC)nc2OC)cc1C1CC1C1CC1. The summed E-state index contributed by atoms with van der Waals surface area (Å²) in [5, 5.41) is 8.19. The van der Waals surface area contributed by atoms with E-state index in [-0.39, 0.29) is 17.6 Å². The molecule has 2 atom stereocenters. The fourth-order valence-electron chi connectivity index (χ4n) is 3.22. The molecule has 0 amide bonds. The van der Waals surface area contributed by atoms with E-state index in [0.717, 1.165) is 17.9 Å². The maximum absolute atomic E-state index is 7.80. The van der Waals surface area contributed by atoms with E-state index in [1.165, 1.54) is 27.1 Å². The van der Waals surface area contributed by atoms with E-state index in [0.29, 0.717) is 23.1 Å². The van der Waals surface area contributed by atoms with E-state index in [4.69, 9.17) is 13.6 Å². The third-order valence-electron chi connectivity index (χ3n) is 4.67. The molecular formula is C17H20N4O2. The molecule has 2 heterocycles. The molecule has 4 rings (SSSR count). The Labute approximate surface area is 139 Å². The van der Waals surface area contributed by atoms with Crippen molar-refractivity contribution in [1.82, 2.24) is 20.2 Å². The van der Waals surface area contributed by atoms with Crippen molar-refractivity contribution < 1.29 is 13.6 Å². The van der Waals surface area contributed by atoms with Crippen LogP contribution in [-0.2, 0) is 0 Å². The summed E-state index contributed by atoms with van der Waals surface area (Å²) in [7, 11) is 2.98. The lowest BCUT2D eigenvalue weighted by atomic mass is 10.0. The van der Waals surface area contributed by atoms with Crippen LogP contribution in [0.5, 0.6) is 11.9 Å². The average Bonchev–Trinajstić information content (AvgIpc) is 3.51. The molecule has 2 aromatic heterocycles. The molecule has 0 N–H and O–H groups in total. The molecule has 2 aromatic rings. The van der Waals surface area contributed by atoms with Crippen LogP contribution in [-0.4, -0.2) is 34.4 Å². The Morgan fingerprint density at radius 3 is 2.78 bits per heavy atom. The first-order valence-electron chi connectivity index (χ1n) is 9.26. The fourth-order valence-corrected chi connectivity index (χ4v) is 3.22. The summed E-state index contributed by atoms with van der Waals surface area (Å²) in [6.07, 6.45) is 5.07. The van der Waals surface area contributed by atoms with Crippen LogP contribution in [0.1, 0.15) is 40.6 Å². The molecule has 0 aliphatic heterocycles. The first-order valence-corrected chi connectivity index (χ1v) is 7.76. The Bertz CT molecular complexity index is 839. The number of methoxy groups -OCH3 is 2. The zero-order valence-corrected chi connectivity index (χ0v) is 13.1. The molecule has 2 aliphatic rings. The molecule has 0 radical (unpaired) electrons. The highest BCUT2D eigenvalue weighted by atomic mass is 16.5.